The van der Waals surface area contributed by atoms with Crippen LogP contribution in [0.15, 0.2) is 6.33 Å². The fourth-order valence-corrected chi connectivity index (χ4v) is 4.27. The number of rotatable bonds is 4. The molecular weight excluding hydrogens is 381 g/mol. The number of ether oxygens (including phenoxy) is 1. The van der Waals surface area contributed by atoms with Crippen LogP contribution in [0.2, 0.25) is 18.1 Å². The minimum atomic E-state index is -2.24. The second-order valence-electron chi connectivity index (χ2n) is 8.43. The largest absolute Gasteiger partial charge is 0.409 e. The Labute approximate surface area is 163 Å². The van der Waals surface area contributed by atoms with Crippen LogP contribution in [0, 0.1) is 18.4 Å². The van der Waals surface area contributed by atoms with E-state index in [4.69, 9.17) is 21.3 Å². The van der Waals surface area contributed by atoms with Crippen molar-refractivity contribution in [2.75, 3.05) is 5.73 Å². The van der Waals surface area contributed by atoms with E-state index in [1.807, 2.05) is 0 Å². The molecule has 0 aliphatic carbocycles. The van der Waals surface area contributed by atoms with Gasteiger partial charge in [-0.05, 0) is 18.1 Å². The number of nitrogens with zero attached hydrogens (tertiary/aromatic N) is 4. The lowest BCUT2D eigenvalue weighted by atomic mass is 10.00. The highest BCUT2D eigenvalue weighted by Gasteiger charge is 2.53. The van der Waals surface area contributed by atoms with Crippen molar-refractivity contribution >= 4 is 31.6 Å². The number of nitrogens with two attached hydrogens (primary N) is 1. The summed E-state index contributed by atoms with van der Waals surface area (Å²) in [5.41, 5.74) is 4.58. The number of hydrogen-bond acceptors (Lipinski definition) is 7. The van der Waals surface area contributed by atoms with Gasteiger partial charge in [0.25, 0.3) is 0 Å². The summed E-state index contributed by atoms with van der Waals surface area (Å²) in [7, 11) is -2.24. The van der Waals surface area contributed by atoms with E-state index < -0.39 is 32.3 Å². The fourth-order valence-electron chi connectivity index (χ4n) is 2.93. The second-order valence-corrected chi connectivity index (χ2v) is 13.2. The molecule has 3 heterocycles. The maximum atomic E-state index is 13.7. The van der Waals surface area contributed by atoms with Gasteiger partial charge in [0.2, 0.25) is 5.60 Å². The molecule has 28 heavy (non-hydrogen) atoms. The zero-order chi connectivity index (χ0) is 20.9. The van der Waals surface area contributed by atoms with E-state index in [9.17, 15) is 9.18 Å². The van der Waals surface area contributed by atoms with E-state index >= 15 is 0 Å². The summed E-state index contributed by atoms with van der Waals surface area (Å²) < 4.78 is 27.5. The number of carbonyl (C=O) groups excluding carboxylic acids is 1. The van der Waals surface area contributed by atoms with Crippen molar-refractivity contribution in [3.63, 3.8) is 0 Å². The van der Waals surface area contributed by atoms with Gasteiger partial charge in [-0.3, -0.25) is 9.36 Å². The number of carbonyl (C=O) groups is 1. The van der Waals surface area contributed by atoms with Crippen LogP contribution in [0.3, 0.4) is 0 Å². The van der Waals surface area contributed by atoms with Crippen molar-refractivity contribution in [3.8, 4) is 12.3 Å². The number of aldehydes is 1. The van der Waals surface area contributed by atoms with Gasteiger partial charge in [-0.15, -0.1) is 6.42 Å². The van der Waals surface area contributed by atoms with Gasteiger partial charge < -0.3 is 14.9 Å². The molecule has 0 amide bonds. The lowest BCUT2D eigenvalue weighted by Gasteiger charge is -2.40. The molecule has 0 bridgehead atoms. The summed E-state index contributed by atoms with van der Waals surface area (Å²) in [5.74, 6) is 2.38. The topological polar surface area (TPSA) is 105 Å². The fraction of sp³-hybridized carbons (Fsp3) is 0.556. The van der Waals surface area contributed by atoms with Crippen LogP contribution in [0.4, 0.5) is 10.2 Å². The van der Waals surface area contributed by atoms with E-state index in [1.165, 1.54) is 10.9 Å². The number of imidazole rings is 1. The highest BCUT2D eigenvalue weighted by molar-refractivity contribution is 6.74. The predicted molar refractivity (Wildman–Crippen MR) is 104 cm³/mol. The summed E-state index contributed by atoms with van der Waals surface area (Å²) in [6, 6.07) is 0. The van der Waals surface area contributed by atoms with Gasteiger partial charge in [-0.25, -0.2) is 4.98 Å². The summed E-state index contributed by atoms with van der Waals surface area (Å²) in [6.45, 7) is 10.4. The monoisotopic (exact) mass is 405 g/mol. The standard InChI is InChI=1S/C18H24FN5O3Si/c1-7-18(9-25)11(27-28(5,6)17(2,3)4)8-12(26-18)24-10-21-13-14(20)22-16(19)23-15(13)24/h1,9-12H,8H2,2-6H3,(H2,20,22,23)/t11-,12+,18+/m0/s1. The molecule has 0 radical (unpaired) electrons. The molecule has 2 N–H and O–H groups in total. The Kier molecular flexibility index (Phi) is 4.81. The minimum Gasteiger partial charge on any atom is -0.409 e. The Morgan fingerprint density at radius 1 is 1.50 bits per heavy atom. The molecule has 8 nitrogen and oxygen atoms in total. The summed E-state index contributed by atoms with van der Waals surface area (Å²) in [6.07, 6.45) is 5.63. The van der Waals surface area contributed by atoms with E-state index in [1.54, 1.807) is 0 Å². The maximum absolute atomic E-state index is 13.7. The number of halogens is 1. The first kappa shape index (κ1) is 20.4. The lowest BCUT2D eigenvalue weighted by molar-refractivity contribution is -0.131. The third-order valence-electron chi connectivity index (χ3n) is 5.60. The molecule has 10 heteroatoms. The first-order valence-corrected chi connectivity index (χ1v) is 11.8. The van der Waals surface area contributed by atoms with Crippen molar-refractivity contribution in [2.24, 2.45) is 0 Å². The third kappa shape index (κ3) is 3.19. The van der Waals surface area contributed by atoms with Crippen LogP contribution in [-0.2, 0) is 14.0 Å². The van der Waals surface area contributed by atoms with E-state index in [0.29, 0.717) is 6.29 Å². The summed E-state index contributed by atoms with van der Waals surface area (Å²) >= 11 is 0. The van der Waals surface area contributed by atoms with Crippen molar-refractivity contribution in [1.82, 2.24) is 19.5 Å². The molecule has 0 aromatic carbocycles. The predicted octanol–water partition coefficient (Wildman–Crippen LogP) is 2.43. The maximum Gasteiger partial charge on any atom is 0.312 e. The first-order valence-electron chi connectivity index (χ1n) is 8.89. The number of aromatic nitrogens is 4. The van der Waals surface area contributed by atoms with Crippen LogP contribution < -0.4 is 5.73 Å². The first-order chi connectivity index (χ1) is 12.9. The van der Waals surface area contributed by atoms with Crippen LogP contribution >= 0.6 is 0 Å². The van der Waals surface area contributed by atoms with E-state index in [2.05, 4.69) is 54.7 Å². The van der Waals surface area contributed by atoms with Gasteiger partial charge >= 0.3 is 6.08 Å². The van der Waals surface area contributed by atoms with Gasteiger partial charge in [-0.1, -0.05) is 26.7 Å². The highest BCUT2D eigenvalue weighted by Crippen LogP contribution is 2.44. The zero-order valence-corrected chi connectivity index (χ0v) is 17.6. The zero-order valence-electron chi connectivity index (χ0n) is 16.6. The Hall–Kier alpha value is -2.35. The second kappa shape index (κ2) is 6.61. The number of anilines is 1. The van der Waals surface area contributed by atoms with Crippen LogP contribution in [0.1, 0.15) is 33.4 Å². The Bertz CT molecular complexity index is 965. The van der Waals surface area contributed by atoms with Crippen LogP contribution in [0.25, 0.3) is 11.2 Å². The molecule has 1 saturated heterocycles. The third-order valence-corrected chi connectivity index (χ3v) is 10.1. The molecule has 1 aliphatic heterocycles. The van der Waals surface area contributed by atoms with Gasteiger partial charge in [0, 0.05) is 6.42 Å². The summed E-state index contributed by atoms with van der Waals surface area (Å²) in [4.78, 5) is 23.3. The molecule has 0 saturated carbocycles. The quantitative estimate of drug-likeness (QED) is 0.360. The highest BCUT2D eigenvalue weighted by atomic mass is 28.4. The molecule has 1 aliphatic rings. The Morgan fingerprint density at radius 3 is 2.75 bits per heavy atom. The van der Waals surface area contributed by atoms with Crippen molar-refractivity contribution in [1.29, 1.82) is 0 Å². The average Bonchev–Trinajstić information content (AvgIpc) is 3.15. The SMILES string of the molecule is C#C[C@]1(C=O)O[C@@H](n2cnc3c(N)nc(F)nc32)C[C@@H]1O[Si](C)(C)C(C)(C)C. The molecule has 2 aromatic rings. The lowest BCUT2D eigenvalue weighted by Crippen LogP contribution is -2.50. The minimum absolute atomic E-state index is 0.0769. The van der Waals surface area contributed by atoms with E-state index in [0.717, 1.165) is 0 Å². The molecular formula is C18H24FN5O3Si. The van der Waals surface area contributed by atoms with Crippen molar-refractivity contribution in [3.05, 3.63) is 12.4 Å². The van der Waals surface area contributed by atoms with Gasteiger partial charge in [0.15, 0.2) is 31.6 Å². The van der Waals surface area contributed by atoms with Gasteiger partial charge in [0.05, 0.1) is 12.4 Å². The summed E-state index contributed by atoms with van der Waals surface area (Å²) in [5, 5.41) is -0.0825. The molecule has 3 atom stereocenters. The van der Waals surface area contributed by atoms with Crippen LogP contribution in [-0.4, -0.2) is 45.8 Å². The molecule has 2 aromatic heterocycles. The molecule has 150 valence electrons. The smallest absolute Gasteiger partial charge is 0.312 e. The van der Waals surface area contributed by atoms with Crippen molar-refractivity contribution in [2.45, 2.75) is 63.3 Å². The molecule has 1 fully saturated rings. The van der Waals surface area contributed by atoms with Gasteiger partial charge in [0.1, 0.15) is 6.23 Å². The number of terminal acetylenes is 1. The number of fused-ring (bicyclic) bond motifs is 1. The number of hydrogen-bond donors (Lipinski definition) is 1. The van der Waals surface area contributed by atoms with E-state index in [-0.39, 0.29) is 28.4 Å². The normalized spacial score (nSPS) is 25.8. The average molecular weight is 406 g/mol. The van der Waals surface area contributed by atoms with Crippen molar-refractivity contribution < 1.29 is 18.3 Å². The van der Waals surface area contributed by atoms with Gasteiger partial charge in [-0.2, -0.15) is 14.4 Å². The molecule has 3 rings (SSSR count). The molecule has 0 unspecified atom stereocenters. The van der Waals surface area contributed by atoms with Crippen LogP contribution in [0.5, 0.6) is 0 Å². The Morgan fingerprint density at radius 2 is 2.18 bits per heavy atom. The Balaban J connectivity index is 2.01. The number of nitrogen functional groups attached to an aromatic ring is 1. The molecule has 0 spiro atoms.